The fraction of sp³-hybridized carbons (Fsp3) is 0.208. The smallest absolute Gasteiger partial charge is 0.270 e. The summed E-state index contributed by atoms with van der Waals surface area (Å²) in [5.41, 5.74) is 3.59. The van der Waals surface area contributed by atoms with Crippen LogP contribution in [0, 0.1) is 0 Å². The first-order valence-corrected chi connectivity index (χ1v) is 10.1. The largest absolute Gasteiger partial charge is 0.492 e. The maximum atomic E-state index is 12.4. The minimum absolute atomic E-state index is 0.221. The molecule has 0 aliphatic carbocycles. The van der Waals surface area contributed by atoms with Crippen LogP contribution in [0.1, 0.15) is 28.8 Å². The number of carbonyl (C=O) groups excluding carboxylic acids is 1. The Morgan fingerprint density at radius 2 is 1.83 bits per heavy atom. The lowest BCUT2D eigenvalue weighted by Gasteiger charge is -2.12. The molecule has 0 saturated heterocycles. The fourth-order valence-corrected chi connectivity index (χ4v) is 3.33. The zero-order valence-electron chi connectivity index (χ0n) is 16.9. The van der Waals surface area contributed by atoms with Gasteiger partial charge in [0.25, 0.3) is 5.91 Å². The van der Waals surface area contributed by atoms with E-state index in [2.05, 4.69) is 33.9 Å². The molecule has 0 bridgehead atoms. The number of rotatable bonds is 8. The van der Waals surface area contributed by atoms with E-state index in [0.29, 0.717) is 25.4 Å². The Kier molecular flexibility index (Phi) is 6.03. The number of amides is 1. The van der Waals surface area contributed by atoms with Gasteiger partial charge in [0.05, 0.1) is 24.1 Å². The number of carbonyl (C=O) groups is 1. The molecule has 152 valence electrons. The van der Waals surface area contributed by atoms with Gasteiger partial charge in [-0.05, 0) is 48.4 Å². The van der Waals surface area contributed by atoms with Crippen LogP contribution < -0.4 is 10.1 Å². The molecule has 0 aliphatic heterocycles. The summed E-state index contributed by atoms with van der Waals surface area (Å²) in [7, 11) is 0. The number of nitrogens with one attached hydrogen (secondary N) is 1. The molecule has 6 nitrogen and oxygen atoms in total. The van der Waals surface area contributed by atoms with E-state index in [9.17, 15) is 4.79 Å². The summed E-state index contributed by atoms with van der Waals surface area (Å²) in [6, 6.07) is 21.4. The third-order valence-electron chi connectivity index (χ3n) is 4.95. The Morgan fingerprint density at radius 1 is 1.03 bits per heavy atom. The molecule has 0 unspecified atom stereocenters. The highest BCUT2D eigenvalue weighted by Gasteiger charge is 2.13. The predicted molar refractivity (Wildman–Crippen MR) is 116 cm³/mol. The van der Waals surface area contributed by atoms with E-state index in [4.69, 9.17) is 9.72 Å². The average Bonchev–Trinajstić information content (AvgIpc) is 3.16. The summed E-state index contributed by atoms with van der Waals surface area (Å²) in [6.07, 6.45) is 2.61. The van der Waals surface area contributed by atoms with Gasteiger partial charge in [-0.1, -0.05) is 37.3 Å². The van der Waals surface area contributed by atoms with Gasteiger partial charge in [0.15, 0.2) is 0 Å². The number of benzene rings is 2. The first kappa shape index (κ1) is 19.6. The van der Waals surface area contributed by atoms with Crippen LogP contribution in [0.15, 0.2) is 72.9 Å². The number of hydrogen-bond acceptors (Lipinski definition) is 4. The molecule has 4 aromatic rings. The normalized spacial score (nSPS) is 10.8. The Hall–Kier alpha value is -3.67. The number of para-hydroxylation sites is 2. The molecule has 1 N–H and O–H groups in total. The SMILES string of the molecule is CCc1ccc(OCCn2c(CNC(=O)c3ccccn3)nc3ccccc32)cc1. The standard InChI is InChI=1S/C24H24N4O2/c1-2-18-10-12-19(13-11-18)30-16-15-28-22-9-4-3-7-20(22)27-23(28)17-26-24(29)21-8-5-6-14-25-21/h3-14H,2,15-17H2,1H3,(H,26,29). The quantitative estimate of drug-likeness (QED) is 0.485. The van der Waals surface area contributed by atoms with Gasteiger partial charge in [-0.2, -0.15) is 0 Å². The molecule has 0 aliphatic rings. The highest BCUT2D eigenvalue weighted by Crippen LogP contribution is 2.17. The fourth-order valence-electron chi connectivity index (χ4n) is 3.33. The van der Waals surface area contributed by atoms with Crippen molar-refractivity contribution in [1.82, 2.24) is 19.9 Å². The molecular formula is C24H24N4O2. The first-order chi connectivity index (χ1) is 14.7. The summed E-state index contributed by atoms with van der Waals surface area (Å²) < 4.78 is 8.02. The molecule has 2 aromatic carbocycles. The zero-order chi connectivity index (χ0) is 20.8. The van der Waals surface area contributed by atoms with Crippen molar-refractivity contribution < 1.29 is 9.53 Å². The van der Waals surface area contributed by atoms with Gasteiger partial charge < -0.3 is 14.6 Å². The van der Waals surface area contributed by atoms with Gasteiger partial charge in [0, 0.05) is 6.20 Å². The minimum atomic E-state index is -0.221. The summed E-state index contributed by atoms with van der Waals surface area (Å²) in [5.74, 6) is 1.41. The molecule has 0 fully saturated rings. The monoisotopic (exact) mass is 400 g/mol. The average molecular weight is 400 g/mol. The maximum Gasteiger partial charge on any atom is 0.270 e. The molecule has 2 heterocycles. The molecule has 4 rings (SSSR count). The zero-order valence-corrected chi connectivity index (χ0v) is 16.9. The number of nitrogens with zero attached hydrogens (tertiary/aromatic N) is 3. The topological polar surface area (TPSA) is 69.0 Å². The summed E-state index contributed by atoms with van der Waals surface area (Å²) >= 11 is 0. The molecule has 0 spiro atoms. The van der Waals surface area contributed by atoms with Crippen LogP contribution >= 0.6 is 0 Å². The van der Waals surface area contributed by atoms with Gasteiger partial charge in [-0.3, -0.25) is 9.78 Å². The van der Waals surface area contributed by atoms with Crippen molar-refractivity contribution in [2.45, 2.75) is 26.4 Å². The number of aromatic nitrogens is 3. The van der Waals surface area contributed by atoms with Crippen molar-refractivity contribution in [2.75, 3.05) is 6.61 Å². The van der Waals surface area contributed by atoms with Crippen molar-refractivity contribution in [3.05, 3.63) is 90.0 Å². The van der Waals surface area contributed by atoms with Crippen LogP contribution in [0.4, 0.5) is 0 Å². The Balaban J connectivity index is 1.46. The van der Waals surface area contributed by atoms with Crippen molar-refractivity contribution in [3.63, 3.8) is 0 Å². The molecule has 0 saturated carbocycles. The van der Waals surface area contributed by atoms with Crippen LogP contribution in [-0.2, 0) is 19.5 Å². The van der Waals surface area contributed by atoms with E-state index < -0.39 is 0 Å². The van der Waals surface area contributed by atoms with E-state index in [1.165, 1.54) is 5.56 Å². The predicted octanol–water partition coefficient (Wildman–Crippen LogP) is 4.00. The third kappa shape index (κ3) is 4.49. The van der Waals surface area contributed by atoms with Crippen molar-refractivity contribution in [3.8, 4) is 5.75 Å². The molecule has 1 amide bonds. The van der Waals surface area contributed by atoms with Gasteiger partial charge >= 0.3 is 0 Å². The van der Waals surface area contributed by atoms with Crippen LogP contribution in [-0.4, -0.2) is 27.0 Å². The number of hydrogen-bond donors (Lipinski definition) is 1. The molecular weight excluding hydrogens is 376 g/mol. The number of fused-ring (bicyclic) bond motifs is 1. The van der Waals surface area contributed by atoms with Gasteiger partial charge in [-0.25, -0.2) is 4.98 Å². The number of aryl methyl sites for hydroxylation is 1. The highest BCUT2D eigenvalue weighted by atomic mass is 16.5. The van der Waals surface area contributed by atoms with E-state index in [0.717, 1.165) is 29.0 Å². The van der Waals surface area contributed by atoms with Crippen LogP contribution in [0.25, 0.3) is 11.0 Å². The van der Waals surface area contributed by atoms with Gasteiger partial charge in [-0.15, -0.1) is 0 Å². The summed E-state index contributed by atoms with van der Waals surface area (Å²) in [6.45, 7) is 3.58. The second-order valence-corrected chi connectivity index (χ2v) is 6.91. The van der Waals surface area contributed by atoms with Crippen molar-refractivity contribution in [2.24, 2.45) is 0 Å². The lowest BCUT2D eigenvalue weighted by Crippen LogP contribution is -2.26. The minimum Gasteiger partial charge on any atom is -0.492 e. The van der Waals surface area contributed by atoms with E-state index >= 15 is 0 Å². The van der Waals surface area contributed by atoms with E-state index in [1.807, 2.05) is 36.4 Å². The second kappa shape index (κ2) is 9.22. The Labute approximate surface area is 175 Å². The summed E-state index contributed by atoms with van der Waals surface area (Å²) in [4.78, 5) is 21.2. The molecule has 2 aromatic heterocycles. The Bertz CT molecular complexity index is 1120. The third-order valence-corrected chi connectivity index (χ3v) is 4.95. The molecule has 6 heteroatoms. The van der Waals surface area contributed by atoms with Gasteiger partial charge in [0.2, 0.25) is 0 Å². The lowest BCUT2D eigenvalue weighted by atomic mass is 10.2. The lowest BCUT2D eigenvalue weighted by molar-refractivity contribution is 0.0944. The van der Waals surface area contributed by atoms with Crippen LogP contribution in [0.5, 0.6) is 5.75 Å². The van der Waals surface area contributed by atoms with Crippen molar-refractivity contribution in [1.29, 1.82) is 0 Å². The number of ether oxygens (including phenoxy) is 1. The highest BCUT2D eigenvalue weighted by molar-refractivity contribution is 5.92. The van der Waals surface area contributed by atoms with E-state index in [-0.39, 0.29) is 5.91 Å². The van der Waals surface area contributed by atoms with Crippen LogP contribution in [0.3, 0.4) is 0 Å². The van der Waals surface area contributed by atoms with E-state index in [1.54, 1.807) is 24.4 Å². The van der Waals surface area contributed by atoms with Crippen molar-refractivity contribution >= 4 is 16.9 Å². The maximum absolute atomic E-state index is 12.4. The molecule has 30 heavy (non-hydrogen) atoms. The second-order valence-electron chi connectivity index (χ2n) is 6.91. The van der Waals surface area contributed by atoms with Crippen LogP contribution in [0.2, 0.25) is 0 Å². The Morgan fingerprint density at radius 3 is 2.60 bits per heavy atom. The first-order valence-electron chi connectivity index (χ1n) is 10.1. The number of pyridine rings is 1. The number of imidazole rings is 1. The molecule has 0 radical (unpaired) electrons. The molecule has 0 atom stereocenters. The van der Waals surface area contributed by atoms with Gasteiger partial charge in [0.1, 0.15) is 23.9 Å². The summed E-state index contributed by atoms with van der Waals surface area (Å²) in [5, 5.41) is 2.91.